The number of aromatic nitrogens is 2. The average molecular weight is 251 g/mol. The Hall–Kier alpha value is -2.05. The molecule has 1 saturated heterocycles. The molecule has 1 unspecified atom stereocenters. The van der Waals surface area contributed by atoms with E-state index < -0.39 is 0 Å². The van der Waals surface area contributed by atoms with Gasteiger partial charge in [0.2, 0.25) is 0 Å². The molecule has 0 aliphatic carbocycles. The molecule has 0 spiro atoms. The zero-order chi connectivity index (χ0) is 13.1. The number of nitrogens with two attached hydrogens (primary N) is 1. The van der Waals surface area contributed by atoms with Crippen molar-refractivity contribution < 1.29 is 10.0 Å². The molecule has 0 bridgehead atoms. The van der Waals surface area contributed by atoms with Gasteiger partial charge >= 0.3 is 0 Å². The maximum Gasteiger partial charge on any atom is 0.272 e. The molecule has 2 rings (SSSR count). The van der Waals surface area contributed by atoms with Crippen molar-refractivity contribution in [3.8, 4) is 0 Å². The Balaban J connectivity index is 2.10. The molecule has 1 aromatic heterocycles. The number of nitrogens with zero attached hydrogens (tertiary/aromatic N) is 4. The van der Waals surface area contributed by atoms with Crippen LogP contribution in [0.1, 0.15) is 23.3 Å². The molecule has 1 atom stereocenters. The highest BCUT2D eigenvalue weighted by molar-refractivity contribution is 5.93. The van der Waals surface area contributed by atoms with Crippen LogP contribution in [-0.2, 0) is 7.05 Å². The van der Waals surface area contributed by atoms with Crippen molar-refractivity contribution in [2.75, 3.05) is 13.1 Å². The minimum absolute atomic E-state index is 0.0644. The standard InChI is InChI=1S/C11H17N5O2/c1-15-9(4-5-13-15)11(17)16-6-2-3-8(7-16)10(12)14-18/h4-5,8,18H,2-3,6-7H2,1H3,(H2,12,14). The summed E-state index contributed by atoms with van der Waals surface area (Å²) in [6.45, 7) is 1.18. The third-order valence-corrected chi connectivity index (χ3v) is 3.28. The Morgan fingerprint density at radius 2 is 2.44 bits per heavy atom. The second-order valence-electron chi connectivity index (χ2n) is 4.46. The number of hydrogen-bond acceptors (Lipinski definition) is 4. The van der Waals surface area contributed by atoms with Gasteiger partial charge in [0.1, 0.15) is 11.5 Å². The van der Waals surface area contributed by atoms with Gasteiger partial charge in [0.15, 0.2) is 0 Å². The largest absolute Gasteiger partial charge is 0.409 e. The van der Waals surface area contributed by atoms with Crippen molar-refractivity contribution in [3.63, 3.8) is 0 Å². The molecule has 0 aromatic carbocycles. The summed E-state index contributed by atoms with van der Waals surface area (Å²) in [7, 11) is 1.73. The number of oxime groups is 1. The summed E-state index contributed by atoms with van der Waals surface area (Å²) in [6.07, 6.45) is 3.29. The van der Waals surface area contributed by atoms with E-state index in [1.54, 1.807) is 28.9 Å². The van der Waals surface area contributed by atoms with Gasteiger partial charge in [-0.25, -0.2) is 0 Å². The molecule has 7 nitrogen and oxygen atoms in total. The van der Waals surface area contributed by atoms with Gasteiger partial charge in [-0.15, -0.1) is 0 Å². The first-order chi connectivity index (χ1) is 8.63. The summed E-state index contributed by atoms with van der Waals surface area (Å²) in [4.78, 5) is 14.0. The third kappa shape index (κ3) is 2.29. The minimum atomic E-state index is -0.0686. The molecule has 1 aliphatic heterocycles. The lowest BCUT2D eigenvalue weighted by molar-refractivity contribution is 0.0690. The summed E-state index contributed by atoms with van der Waals surface area (Å²) >= 11 is 0. The van der Waals surface area contributed by atoms with E-state index in [9.17, 15) is 4.79 Å². The van der Waals surface area contributed by atoms with Crippen LogP contribution in [0, 0.1) is 5.92 Å². The highest BCUT2D eigenvalue weighted by Crippen LogP contribution is 2.18. The fourth-order valence-corrected chi connectivity index (χ4v) is 2.23. The van der Waals surface area contributed by atoms with E-state index >= 15 is 0 Å². The lowest BCUT2D eigenvalue weighted by Crippen LogP contribution is -2.44. The Kier molecular flexibility index (Phi) is 3.50. The summed E-state index contributed by atoms with van der Waals surface area (Å²) in [6, 6.07) is 1.69. The molecule has 2 heterocycles. The maximum atomic E-state index is 12.3. The molecular weight excluding hydrogens is 234 g/mol. The van der Waals surface area contributed by atoms with Crippen LogP contribution in [0.2, 0.25) is 0 Å². The first-order valence-electron chi connectivity index (χ1n) is 5.88. The van der Waals surface area contributed by atoms with Crippen LogP contribution in [0.4, 0.5) is 0 Å². The molecule has 1 aromatic rings. The Morgan fingerprint density at radius 3 is 3.06 bits per heavy atom. The van der Waals surface area contributed by atoms with Gasteiger partial charge < -0.3 is 15.8 Å². The first-order valence-corrected chi connectivity index (χ1v) is 5.88. The quantitative estimate of drug-likeness (QED) is 0.335. The number of likely N-dealkylation sites (tertiary alicyclic amines) is 1. The van der Waals surface area contributed by atoms with Gasteiger partial charge in [-0.05, 0) is 18.9 Å². The van der Waals surface area contributed by atoms with Gasteiger partial charge in [-0.2, -0.15) is 5.10 Å². The summed E-state index contributed by atoms with van der Waals surface area (Å²) < 4.78 is 1.55. The molecule has 1 fully saturated rings. The number of amides is 1. The second-order valence-corrected chi connectivity index (χ2v) is 4.46. The topological polar surface area (TPSA) is 96.7 Å². The maximum absolute atomic E-state index is 12.3. The second kappa shape index (κ2) is 5.07. The number of piperidine rings is 1. The fourth-order valence-electron chi connectivity index (χ4n) is 2.23. The molecule has 1 amide bonds. The molecule has 18 heavy (non-hydrogen) atoms. The Labute approximate surface area is 105 Å². The average Bonchev–Trinajstić information content (AvgIpc) is 2.83. The van der Waals surface area contributed by atoms with E-state index in [4.69, 9.17) is 10.9 Å². The van der Waals surface area contributed by atoms with E-state index in [-0.39, 0.29) is 17.7 Å². The number of amidine groups is 1. The van der Waals surface area contributed by atoms with Crippen molar-refractivity contribution in [3.05, 3.63) is 18.0 Å². The summed E-state index contributed by atoms with van der Waals surface area (Å²) in [5.74, 6) is 0.0591. The zero-order valence-electron chi connectivity index (χ0n) is 10.3. The summed E-state index contributed by atoms with van der Waals surface area (Å²) in [5.41, 5.74) is 6.15. The SMILES string of the molecule is Cn1nccc1C(=O)N1CCCC(C(N)=NO)C1. The van der Waals surface area contributed by atoms with Crippen molar-refractivity contribution in [2.45, 2.75) is 12.8 Å². The van der Waals surface area contributed by atoms with Crippen LogP contribution in [0.3, 0.4) is 0 Å². The zero-order valence-corrected chi connectivity index (χ0v) is 10.3. The van der Waals surface area contributed by atoms with E-state index in [0.29, 0.717) is 18.8 Å². The molecular formula is C11H17N5O2. The molecule has 1 aliphatic rings. The van der Waals surface area contributed by atoms with Gasteiger partial charge in [-0.1, -0.05) is 5.16 Å². The molecule has 98 valence electrons. The minimum Gasteiger partial charge on any atom is -0.409 e. The number of carbonyl (C=O) groups is 1. The van der Waals surface area contributed by atoms with Gasteiger partial charge in [0.05, 0.1) is 0 Å². The smallest absolute Gasteiger partial charge is 0.272 e. The Bertz CT molecular complexity index is 468. The fraction of sp³-hybridized carbons (Fsp3) is 0.545. The lowest BCUT2D eigenvalue weighted by atomic mass is 9.97. The van der Waals surface area contributed by atoms with E-state index in [0.717, 1.165) is 12.8 Å². The van der Waals surface area contributed by atoms with E-state index in [2.05, 4.69) is 10.3 Å². The van der Waals surface area contributed by atoms with Crippen LogP contribution < -0.4 is 5.73 Å². The van der Waals surface area contributed by atoms with Gasteiger partial charge in [0, 0.05) is 32.3 Å². The van der Waals surface area contributed by atoms with Gasteiger partial charge in [-0.3, -0.25) is 9.48 Å². The van der Waals surface area contributed by atoms with Crippen LogP contribution >= 0.6 is 0 Å². The number of rotatable bonds is 2. The highest BCUT2D eigenvalue weighted by Gasteiger charge is 2.27. The van der Waals surface area contributed by atoms with Crippen molar-refractivity contribution >= 4 is 11.7 Å². The predicted molar refractivity (Wildman–Crippen MR) is 65.2 cm³/mol. The van der Waals surface area contributed by atoms with E-state index in [1.807, 2.05) is 0 Å². The number of hydrogen-bond donors (Lipinski definition) is 2. The number of aryl methyl sites for hydroxylation is 1. The third-order valence-electron chi connectivity index (χ3n) is 3.28. The van der Waals surface area contributed by atoms with E-state index in [1.165, 1.54) is 0 Å². The lowest BCUT2D eigenvalue weighted by Gasteiger charge is -2.31. The van der Waals surface area contributed by atoms with Crippen LogP contribution in [0.15, 0.2) is 17.4 Å². The van der Waals surface area contributed by atoms with Crippen LogP contribution in [-0.4, -0.2) is 44.7 Å². The van der Waals surface area contributed by atoms with Gasteiger partial charge in [0.25, 0.3) is 5.91 Å². The highest BCUT2D eigenvalue weighted by atomic mass is 16.4. The molecule has 3 N–H and O–H groups in total. The van der Waals surface area contributed by atoms with Crippen LogP contribution in [0.25, 0.3) is 0 Å². The monoisotopic (exact) mass is 251 g/mol. The molecule has 0 saturated carbocycles. The first kappa shape index (κ1) is 12.4. The molecule has 0 radical (unpaired) electrons. The predicted octanol–water partition coefficient (Wildman–Crippen LogP) is 0.0187. The van der Waals surface area contributed by atoms with Crippen LogP contribution in [0.5, 0.6) is 0 Å². The van der Waals surface area contributed by atoms with Crippen molar-refractivity contribution in [2.24, 2.45) is 23.9 Å². The van der Waals surface area contributed by atoms with Crippen molar-refractivity contribution in [1.29, 1.82) is 0 Å². The molecule has 7 heteroatoms. The van der Waals surface area contributed by atoms with Crippen molar-refractivity contribution in [1.82, 2.24) is 14.7 Å². The Morgan fingerprint density at radius 1 is 1.67 bits per heavy atom. The summed E-state index contributed by atoms with van der Waals surface area (Å²) in [5, 5.41) is 15.7. The normalized spacial score (nSPS) is 21.1. The number of carbonyl (C=O) groups excluding carboxylic acids is 1.